The van der Waals surface area contributed by atoms with Crippen molar-refractivity contribution in [2.75, 3.05) is 7.05 Å². The lowest BCUT2D eigenvalue weighted by atomic mass is 9.79. The van der Waals surface area contributed by atoms with E-state index in [0.29, 0.717) is 6.42 Å². The molecule has 0 radical (unpaired) electrons. The summed E-state index contributed by atoms with van der Waals surface area (Å²) in [4.78, 5) is 0. The van der Waals surface area contributed by atoms with Crippen molar-refractivity contribution in [3.8, 4) is 0 Å². The van der Waals surface area contributed by atoms with Crippen molar-refractivity contribution in [3.05, 3.63) is 36.1 Å². The van der Waals surface area contributed by atoms with Gasteiger partial charge in [-0.2, -0.15) is 0 Å². The second-order valence-corrected chi connectivity index (χ2v) is 6.48. The van der Waals surface area contributed by atoms with E-state index in [1.165, 1.54) is 4.31 Å². The zero-order valence-corrected chi connectivity index (χ0v) is 9.31. The molecule has 3 nitrogen and oxygen atoms in total. The third-order valence-corrected chi connectivity index (χ3v) is 5.84. The molecule has 0 saturated carbocycles. The first-order valence-corrected chi connectivity index (χ1v) is 6.65. The third kappa shape index (κ3) is 1.03. The van der Waals surface area contributed by atoms with Crippen molar-refractivity contribution in [3.63, 3.8) is 0 Å². The summed E-state index contributed by atoms with van der Waals surface area (Å²) in [6.45, 7) is 0. The van der Waals surface area contributed by atoms with E-state index >= 15 is 0 Å². The molecule has 1 heterocycles. The Balaban J connectivity index is 2.21. The highest BCUT2D eigenvalue weighted by atomic mass is 32.2. The molecule has 3 atom stereocenters. The Morgan fingerprint density at radius 1 is 1.40 bits per heavy atom. The van der Waals surface area contributed by atoms with Gasteiger partial charge in [0.2, 0.25) is 10.0 Å². The fourth-order valence-corrected chi connectivity index (χ4v) is 4.75. The molecule has 3 aliphatic rings. The molecule has 0 aromatic carbocycles. The summed E-state index contributed by atoms with van der Waals surface area (Å²) in [5.41, 5.74) is 0.955. The van der Waals surface area contributed by atoms with Crippen LogP contribution in [0.3, 0.4) is 0 Å². The van der Waals surface area contributed by atoms with Crippen LogP contribution < -0.4 is 0 Å². The minimum atomic E-state index is -3.11. The minimum absolute atomic E-state index is 0.148. The maximum Gasteiger partial charge on any atom is 0.238 e. The average molecular weight is 223 g/mol. The molecule has 80 valence electrons. The molecule has 15 heavy (non-hydrogen) atoms. The van der Waals surface area contributed by atoms with Crippen molar-refractivity contribution >= 4 is 10.0 Å². The quantitative estimate of drug-likeness (QED) is 0.580. The number of allylic oxidation sites excluding steroid dienone is 6. The minimum Gasteiger partial charge on any atom is -0.277 e. The van der Waals surface area contributed by atoms with Gasteiger partial charge in [0.05, 0.1) is 5.25 Å². The Morgan fingerprint density at radius 2 is 2.20 bits per heavy atom. The monoisotopic (exact) mass is 223 g/mol. The second-order valence-electron chi connectivity index (χ2n) is 4.29. The molecule has 0 aromatic heterocycles. The van der Waals surface area contributed by atoms with Gasteiger partial charge in [-0.25, -0.2) is 8.42 Å². The summed E-state index contributed by atoms with van der Waals surface area (Å²) in [5, 5.41) is -0.242. The van der Waals surface area contributed by atoms with Crippen molar-refractivity contribution in [1.82, 2.24) is 4.31 Å². The third-order valence-electron chi connectivity index (χ3n) is 3.61. The molecular weight excluding hydrogens is 210 g/mol. The Labute approximate surface area is 89.8 Å². The van der Waals surface area contributed by atoms with Crippen LogP contribution in [-0.4, -0.2) is 25.0 Å². The summed E-state index contributed by atoms with van der Waals surface area (Å²) in [5.74, 6) is 0.415. The van der Waals surface area contributed by atoms with E-state index < -0.39 is 10.0 Å². The second kappa shape index (κ2) is 2.76. The van der Waals surface area contributed by atoms with Gasteiger partial charge in [-0.15, -0.1) is 0 Å². The number of hydrogen-bond acceptors (Lipinski definition) is 2. The predicted molar refractivity (Wildman–Crippen MR) is 58.4 cm³/mol. The molecule has 1 saturated heterocycles. The van der Waals surface area contributed by atoms with Gasteiger partial charge in [0.15, 0.2) is 0 Å². The molecule has 4 heteroatoms. The van der Waals surface area contributed by atoms with Crippen molar-refractivity contribution < 1.29 is 8.42 Å². The van der Waals surface area contributed by atoms with Crippen LogP contribution in [0.25, 0.3) is 0 Å². The smallest absolute Gasteiger partial charge is 0.238 e. The van der Waals surface area contributed by atoms with Crippen LogP contribution in [0.15, 0.2) is 36.1 Å². The molecule has 0 spiro atoms. The number of hydrogen-bond donors (Lipinski definition) is 0. The summed E-state index contributed by atoms with van der Waals surface area (Å²) in [7, 11) is -1.44. The normalized spacial score (nSPS) is 40.2. The van der Waals surface area contributed by atoms with Gasteiger partial charge in [-0.1, -0.05) is 24.3 Å². The summed E-state index contributed by atoms with van der Waals surface area (Å²) >= 11 is 0. The first kappa shape index (κ1) is 9.21. The molecule has 0 aromatic rings. The summed E-state index contributed by atoms with van der Waals surface area (Å²) in [6.07, 6.45) is 10.7. The predicted octanol–water partition coefficient (Wildman–Crippen LogP) is 1.28. The topological polar surface area (TPSA) is 37.4 Å². The fourth-order valence-electron chi connectivity index (χ4n) is 2.82. The SMILES string of the molecule is CN1C2=CC=CC3C=CCC(C23)S1(=O)=O. The fraction of sp³-hybridized carbons (Fsp3) is 0.455. The van der Waals surface area contributed by atoms with Crippen LogP contribution in [0.4, 0.5) is 0 Å². The molecule has 3 rings (SSSR count). The average Bonchev–Trinajstić information content (AvgIpc) is 2.43. The van der Waals surface area contributed by atoms with Crippen LogP contribution >= 0.6 is 0 Å². The standard InChI is InChI=1S/C11H13NO2S/c1-12-9-6-2-4-8-5-3-7-10(11(8)9)15(12,13)14/h2-6,8,10-11H,7H2,1H3. The molecule has 2 aliphatic carbocycles. The Morgan fingerprint density at radius 3 is 3.00 bits per heavy atom. The van der Waals surface area contributed by atoms with Gasteiger partial charge in [0.1, 0.15) is 0 Å². The van der Waals surface area contributed by atoms with E-state index in [9.17, 15) is 8.42 Å². The van der Waals surface area contributed by atoms with Gasteiger partial charge in [0.25, 0.3) is 0 Å². The van der Waals surface area contributed by atoms with Crippen molar-refractivity contribution in [2.24, 2.45) is 11.8 Å². The molecule has 0 N–H and O–H groups in total. The van der Waals surface area contributed by atoms with Gasteiger partial charge in [0, 0.05) is 24.6 Å². The molecule has 3 unspecified atom stereocenters. The maximum absolute atomic E-state index is 12.1. The maximum atomic E-state index is 12.1. The molecule has 0 amide bonds. The first-order chi connectivity index (χ1) is 7.12. The lowest BCUT2D eigenvalue weighted by Gasteiger charge is -2.27. The first-order valence-electron chi connectivity index (χ1n) is 5.15. The van der Waals surface area contributed by atoms with E-state index in [1.807, 2.05) is 18.2 Å². The highest BCUT2D eigenvalue weighted by Crippen LogP contribution is 2.46. The lowest BCUT2D eigenvalue weighted by Crippen LogP contribution is -2.30. The number of sulfonamides is 1. The summed E-state index contributed by atoms with van der Waals surface area (Å²) < 4.78 is 25.7. The van der Waals surface area contributed by atoms with E-state index in [1.54, 1.807) is 7.05 Å². The molecular formula is C11H13NO2S. The van der Waals surface area contributed by atoms with Gasteiger partial charge in [-0.3, -0.25) is 4.31 Å². The Bertz CT molecular complexity index is 487. The van der Waals surface area contributed by atoms with Crippen molar-refractivity contribution in [2.45, 2.75) is 11.7 Å². The number of nitrogens with zero attached hydrogens (tertiary/aromatic N) is 1. The van der Waals surface area contributed by atoms with Crippen LogP contribution in [0.1, 0.15) is 6.42 Å². The van der Waals surface area contributed by atoms with Crippen molar-refractivity contribution in [1.29, 1.82) is 0 Å². The number of rotatable bonds is 0. The van der Waals surface area contributed by atoms with Crippen LogP contribution in [0, 0.1) is 11.8 Å². The lowest BCUT2D eigenvalue weighted by molar-refractivity contribution is 0.454. The largest absolute Gasteiger partial charge is 0.277 e. The molecule has 1 aliphatic heterocycles. The van der Waals surface area contributed by atoms with E-state index in [4.69, 9.17) is 0 Å². The van der Waals surface area contributed by atoms with Gasteiger partial charge in [-0.05, 0) is 12.5 Å². The van der Waals surface area contributed by atoms with Gasteiger partial charge >= 0.3 is 0 Å². The zero-order valence-electron chi connectivity index (χ0n) is 8.50. The Kier molecular flexibility index (Phi) is 1.69. The van der Waals surface area contributed by atoms with Crippen LogP contribution in [0.5, 0.6) is 0 Å². The van der Waals surface area contributed by atoms with Crippen LogP contribution in [0.2, 0.25) is 0 Å². The van der Waals surface area contributed by atoms with E-state index in [0.717, 1.165) is 5.70 Å². The van der Waals surface area contributed by atoms with E-state index in [2.05, 4.69) is 12.2 Å². The van der Waals surface area contributed by atoms with Crippen LogP contribution in [-0.2, 0) is 10.0 Å². The molecule has 1 fully saturated rings. The zero-order chi connectivity index (χ0) is 10.6. The molecule has 0 bridgehead atoms. The Hall–Kier alpha value is -1.03. The van der Waals surface area contributed by atoms with E-state index in [-0.39, 0.29) is 17.1 Å². The van der Waals surface area contributed by atoms with Gasteiger partial charge < -0.3 is 0 Å². The highest BCUT2D eigenvalue weighted by Gasteiger charge is 2.50. The summed E-state index contributed by atoms with van der Waals surface area (Å²) in [6, 6.07) is 0. The highest BCUT2D eigenvalue weighted by molar-refractivity contribution is 7.90.